The van der Waals surface area contributed by atoms with E-state index in [1.165, 1.54) is 5.57 Å². The molecule has 0 bridgehead atoms. The van der Waals surface area contributed by atoms with E-state index in [-0.39, 0.29) is 0 Å². The van der Waals surface area contributed by atoms with Crippen molar-refractivity contribution in [3.8, 4) is 6.07 Å². The molecule has 2 rings (SSSR count). The minimum atomic E-state index is 0.847. The first-order valence-electron chi connectivity index (χ1n) is 4.97. The molecule has 0 unspecified atom stereocenters. The van der Waals surface area contributed by atoms with Gasteiger partial charge in [-0.1, -0.05) is 6.08 Å². The van der Waals surface area contributed by atoms with Crippen LogP contribution in [0, 0.1) is 11.3 Å². The van der Waals surface area contributed by atoms with Gasteiger partial charge in [0.25, 0.3) is 0 Å². The molecule has 2 aliphatic rings. The SMILES string of the molecule is N#CC1=C(C2=CCNCC2)N=CCC1. The molecular formula is C11H13N3. The highest BCUT2D eigenvalue weighted by Crippen LogP contribution is 2.25. The molecule has 0 aromatic heterocycles. The lowest BCUT2D eigenvalue weighted by Crippen LogP contribution is -2.21. The van der Waals surface area contributed by atoms with Crippen LogP contribution in [0.1, 0.15) is 19.3 Å². The number of aliphatic imine (C=N–C) groups is 1. The predicted octanol–water partition coefficient (Wildman–Crippen LogP) is 1.55. The van der Waals surface area contributed by atoms with Gasteiger partial charge in [0.05, 0.1) is 17.3 Å². The highest BCUT2D eigenvalue weighted by atomic mass is 14.9. The van der Waals surface area contributed by atoms with Gasteiger partial charge in [-0.25, -0.2) is 0 Å². The van der Waals surface area contributed by atoms with Crippen molar-refractivity contribution in [3.05, 3.63) is 22.9 Å². The Morgan fingerprint density at radius 3 is 3.07 bits per heavy atom. The lowest BCUT2D eigenvalue weighted by atomic mass is 9.98. The van der Waals surface area contributed by atoms with E-state index in [2.05, 4.69) is 22.5 Å². The average molecular weight is 187 g/mol. The molecule has 2 aliphatic heterocycles. The summed E-state index contributed by atoms with van der Waals surface area (Å²) in [6.45, 7) is 1.89. The number of nitrogens with one attached hydrogen (secondary N) is 1. The van der Waals surface area contributed by atoms with Crippen molar-refractivity contribution in [2.24, 2.45) is 4.99 Å². The van der Waals surface area contributed by atoms with Gasteiger partial charge < -0.3 is 5.32 Å². The quantitative estimate of drug-likeness (QED) is 0.677. The van der Waals surface area contributed by atoms with Gasteiger partial charge in [-0.3, -0.25) is 4.99 Å². The van der Waals surface area contributed by atoms with Gasteiger partial charge in [0.15, 0.2) is 0 Å². The topological polar surface area (TPSA) is 48.2 Å². The molecule has 72 valence electrons. The number of allylic oxidation sites excluding steroid dienone is 2. The summed E-state index contributed by atoms with van der Waals surface area (Å²) in [6, 6.07) is 2.26. The average Bonchev–Trinajstić information content (AvgIpc) is 2.30. The highest BCUT2D eigenvalue weighted by molar-refractivity contribution is 5.65. The monoisotopic (exact) mass is 187 g/mol. The Balaban J connectivity index is 2.31. The van der Waals surface area contributed by atoms with Gasteiger partial charge in [0, 0.05) is 12.8 Å². The van der Waals surface area contributed by atoms with E-state index in [0.717, 1.165) is 43.6 Å². The third-order valence-corrected chi connectivity index (χ3v) is 2.53. The second-order valence-corrected chi connectivity index (χ2v) is 3.47. The highest BCUT2D eigenvalue weighted by Gasteiger charge is 2.14. The van der Waals surface area contributed by atoms with Crippen molar-refractivity contribution in [1.82, 2.24) is 5.32 Å². The van der Waals surface area contributed by atoms with Crippen molar-refractivity contribution >= 4 is 6.21 Å². The molecular weight excluding hydrogens is 174 g/mol. The first-order chi connectivity index (χ1) is 6.92. The summed E-state index contributed by atoms with van der Waals surface area (Å²) in [6.07, 6.45) is 6.79. The maximum absolute atomic E-state index is 8.97. The number of nitrogens with zero attached hydrogens (tertiary/aromatic N) is 2. The number of hydrogen-bond acceptors (Lipinski definition) is 3. The summed E-state index contributed by atoms with van der Waals surface area (Å²) >= 11 is 0. The summed E-state index contributed by atoms with van der Waals surface area (Å²) in [5, 5.41) is 12.2. The van der Waals surface area contributed by atoms with E-state index < -0.39 is 0 Å². The summed E-state index contributed by atoms with van der Waals surface area (Å²) in [5.41, 5.74) is 3.01. The van der Waals surface area contributed by atoms with E-state index in [9.17, 15) is 0 Å². The first kappa shape index (κ1) is 9.17. The number of hydrogen-bond donors (Lipinski definition) is 1. The molecule has 3 heteroatoms. The summed E-state index contributed by atoms with van der Waals surface area (Å²) < 4.78 is 0. The van der Waals surface area contributed by atoms with Crippen molar-refractivity contribution < 1.29 is 0 Å². The van der Waals surface area contributed by atoms with Crippen LogP contribution in [0.3, 0.4) is 0 Å². The van der Waals surface area contributed by atoms with E-state index in [1.807, 2.05) is 6.21 Å². The van der Waals surface area contributed by atoms with E-state index >= 15 is 0 Å². The maximum Gasteiger partial charge on any atom is 0.0969 e. The Hall–Kier alpha value is -1.40. The Kier molecular flexibility index (Phi) is 2.76. The minimum Gasteiger partial charge on any atom is -0.313 e. The lowest BCUT2D eigenvalue weighted by molar-refractivity contribution is 0.704. The van der Waals surface area contributed by atoms with Crippen LogP contribution in [0.5, 0.6) is 0 Å². The normalized spacial score (nSPS) is 21.8. The third-order valence-electron chi connectivity index (χ3n) is 2.53. The van der Waals surface area contributed by atoms with Crippen LogP contribution in [0.25, 0.3) is 0 Å². The molecule has 2 heterocycles. The van der Waals surface area contributed by atoms with Gasteiger partial charge in [-0.05, 0) is 31.4 Å². The van der Waals surface area contributed by atoms with Gasteiger partial charge in [-0.15, -0.1) is 0 Å². The minimum absolute atomic E-state index is 0.847. The van der Waals surface area contributed by atoms with E-state index in [1.54, 1.807) is 0 Å². The smallest absolute Gasteiger partial charge is 0.0969 e. The molecule has 0 saturated heterocycles. The van der Waals surface area contributed by atoms with E-state index in [0.29, 0.717) is 0 Å². The standard InChI is InChI=1S/C11H13N3/c12-8-10-2-1-5-14-11(10)9-3-6-13-7-4-9/h3,5,13H,1-2,4,6-7H2. The van der Waals surface area contributed by atoms with Crippen molar-refractivity contribution in [2.75, 3.05) is 13.1 Å². The van der Waals surface area contributed by atoms with Crippen LogP contribution in [-0.2, 0) is 0 Å². The second-order valence-electron chi connectivity index (χ2n) is 3.47. The first-order valence-corrected chi connectivity index (χ1v) is 4.97. The summed E-state index contributed by atoms with van der Waals surface area (Å²) in [4.78, 5) is 4.34. The molecule has 0 aromatic rings. The second kappa shape index (κ2) is 4.21. The van der Waals surface area contributed by atoms with Crippen LogP contribution in [0.2, 0.25) is 0 Å². The zero-order valence-electron chi connectivity index (χ0n) is 8.08. The molecule has 0 aromatic carbocycles. The van der Waals surface area contributed by atoms with Gasteiger partial charge in [-0.2, -0.15) is 5.26 Å². The maximum atomic E-state index is 8.97. The Morgan fingerprint density at radius 2 is 2.36 bits per heavy atom. The lowest BCUT2D eigenvalue weighted by Gasteiger charge is -2.17. The molecule has 0 spiro atoms. The fraction of sp³-hybridized carbons (Fsp3) is 0.455. The van der Waals surface area contributed by atoms with Crippen LogP contribution in [0.4, 0.5) is 0 Å². The van der Waals surface area contributed by atoms with Crippen LogP contribution >= 0.6 is 0 Å². The van der Waals surface area contributed by atoms with Crippen molar-refractivity contribution in [3.63, 3.8) is 0 Å². The largest absolute Gasteiger partial charge is 0.313 e. The molecule has 0 amide bonds. The van der Waals surface area contributed by atoms with Crippen LogP contribution < -0.4 is 5.32 Å². The van der Waals surface area contributed by atoms with Gasteiger partial charge in [0.2, 0.25) is 0 Å². The van der Waals surface area contributed by atoms with Gasteiger partial charge >= 0.3 is 0 Å². The zero-order valence-corrected chi connectivity index (χ0v) is 8.08. The molecule has 1 N–H and O–H groups in total. The molecule has 0 radical (unpaired) electrons. The molecule has 0 saturated carbocycles. The number of nitriles is 1. The Bertz CT molecular complexity index is 355. The van der Waals surface area contributed by atoms with Crippen LogP contribution in [0.15, 0.2) is 27.9 Å². The van der Waals surface area contributed by atoms with Gasteiger partial charge in [0.1, 0.15) is 0 Å². The summed E-state index contributed by atoms with van der Waals surface area (Å²) in [5.74, 6) is 0. The van der Waals surface area contributed by atoms with Crippen LogP contribution in [-0.4, -0.2) is 19.3 Å². The third kappa shape index (κ3) is 1.75. The fourth-order valence-corrected chi connectivity index (χ4v) is 1.78. The fourth-order valence-electron chi connectivity index (χ4n) is 1.78. The van der Waals surface area contributed by atoms with Crippen molar-refractivity contribution in [2.45, 2.75) is 19.3 Å². The van der Waals surface area contributed by atoms with E-state index in [4.69, 9.17) is 5.26 Å². The molecule has 0 aliphatic carbocycles. The molecule has 0 fully saturated rings. The summed E-state index contributed by atoms with van der Waals surface area (Å²) in [7, 11) is 0. The van der Waals surface area contributed by atoms with Crippen molar-refractivity contribution in [1.29, 1.82) is 5.26 Å². The Labute approximate surface area is 83.8 Å². The number of rotatable bonds is 1. The molecule has 3 nitrogen and oxygen atoms in total. The molecule has 0 atom stereocenters. The zero-order chi connectivity index (χ0) is 9.80. The predicted molar refractivity (Wildman–Crippen MR) is 55.9 cm³/mol. The Morgan fingerprint density at radius 1 is 1.43 bits per heavy atom. The molecule has 14 heavy (non-hydrogen) atoms.